The minimum atomic E-state index is -2.16. The Morgan fingerprint density at radius 2 is 1.66 bits per heavy atom. The van der Waals surface area contributed by atoms with Gasteiger partial charge in [0.05, 0.1) is 12.6 Å². The van der Waals surface area contributed by atoms with Crippen LogP contribution in [0.3, 0.4) is 0 Å². The van der Waals surface area contributed by atoms with E-state index in [4.69, 9.17) is 20.8 Å². The van der Waals surface area contributed by atoms with Crippen LogP contribution in [0.1, 0.15) is 60.1 Å². The van der Waals surface area contributed by atoms with Gasteiger partial charge in [-0.2, -0.15) is 0 Å². The zero-order valence-corrected chi connectivity index (χ0v) is 24.6. The summed E-state index contributed by atoms with van der Waals surface area (Å²) in [5, 5.41) is 4.10. The predicted octanol–water partition coefficient (Wildman–Crippen LogP) is 8.14. The number of para-hydroxylation sites is 1. The smallest absolute Gasteiger partial charge is 0.410 e. The molecule has 0 aromatic heterocycles. The van der Waals surface area contributed by atoms with Gasteiger partial charge in [0.1, 0.15) is 5.60 Å². The first kappa shape index (κ1) is 29.2. The number of carbonyl (C=O) groups excluding carboxylic acids is 1. The van der Waals surface area contributed by atoms with Crippen LogP contribution >= 0.6 is 11.6 Å². The fourth-order valence-electron chi connectivity index (χ4n) is 3.32. The van der Waals surface area contributed by atoms with E-state index in [0.717, 1.165) is 11.3 Å². The normalized spacial score (nSPS) is 14.2. The number of amides is 1. The average molecular weight is 519 g/mol. The third-order valence-electron chi connectivity index (χ3n) is 6.36. The van der Waals surface area contributed by atoms with E-state index in [9.17, 15) is 4.79 Å². The topological polar surface area (TPSA) is 50.8 Å². The van der Waals surface area contributed by atoms with Crippen molar-refractivity contribution < 1.29 is 14.0 Å². The molecule has 0 bridgehead atoms. The molecule has 0 heterocycles. The molecule has 0 aliphatic carbocycles. The first-order chi connectivity index (χ1) is 16.1. The van der Waals surface area contributed by atoms with Crippen LogP contribution in [-0.4, -0.2) is 44.0 Å². The minimum Gasteiger partial charge on any atom is -0.444 e. The standard InChI is InChI=1S/C28H43ClN2O3Si/c1-21(19-30-24-16-11-10-12-17-24)31(26(32)33-27(2,3)4)20-25(22-14-13-15-23(29)18-22)34-35(8,9)28(5,6)7/h10-18,21,25,30H,19-20H2,1-9H3/t21-,25+/m1/s1. The lowest BCUT2D eigenvalue weighted by Crippen LogP contribution is -2.49. The summed E-state index contributed by atoms with van der Waals surface area (Å²) < 4.78 is 12.7. The second-order valence-electron chi connectivity index (χ2n) is 11.7. The van der Waals surface area contributed by atoms with Crippen molar-refractivity contribution in [3.05, 3.63) is 65.2 Å². The third-order valence-corrected chi connectivity index (χ3v) is 11.1. The summed E-state index contributed by atoms with van der Waals surface area (Å²) >= 11 is 6.36. The van der Waals surface area contributed by atoms with Gasteiger partial charge in [-0.25, -0.2) is 4.79 Å². The van der Waals surface area contributed by atoms with Crippen LogP contribution in [0.5, 0.6) is 0 Å². The maximum absolute atomic E-state index is 13.4. The molecule has 1 N–H and O–H groups in total. The lowest BCUT2D eigenvalue weighted by molar-refractivity contribution is 0.00799. The average Bonchev–Trinajstić information content (AvgIpc) is 2.73. The van der Waals surface area contributed by atoms with Crippen LogP contribution in [-0.2, 0) is 9.16 Å². The Morgan fingerprint density at radius 1 is 1.03 bits per heavy atom. The summed E-state index contributed by atoms with van der Waals surface area (Å²) in [6, 6.07) is 17.6. The van der Waals surface area contributed by atoms with E-state index >= 15 is 0 Å². The van der Waals surface area contributed by atoms with Gasteiger partial charge in [-0.05, 0) is 75.7 Å². The van der Waals surface area contributed by atoms with Crippen molar-refractivity contribution in [2.45, 2.75) is 84.3 Å². The number of halogens is 1. The number of hydrogen-bond acceptors (Lipinski definition) is 4. The second-order valence-corrected chi connectivity index (χ2v) is 16.8. The molecule has 7 heteroatoms. The monoisotopic (exact) mass is 518 g/mol. The number of carbonyl (C=O) groups is 1. The highest BCUT2D eigenvalue weighted by atomic mass is 35.5. The number of anilines is 1. The van der Waals surface area contributed by atoms with Crippen molar-refractivity contribution >= 4 is 31.7 Å². The van der Waals surface area contributed by atoms with Gasteiger partial charge in [-0.1, -0.05) is 62.7 Å². The summed E-state index contributed by atoms with van der Waals surface area (Å²) in [5.41, 5.74) is 1.36. The Bertz CT molecular complexity index is 955. The summed E-state index contributed by atoms with van der Waals surface area (Å²) in [5.74, 6) is 0. The Labute approximate surface area is 218 Å². The Morgan fingerprint density at radius 3 is 2.20 bits per heavy atom. The molecule has 0 aliphatic heterocycles. The predicted molar refractivity (Wildman–Crippen MR) is 150 cm³/mol. The Balaban J connectivity index is 2.38. The van der Waals surface area contributed by atoms with Gasteiger partial charge >= 0.3 is 6.09 Å². The molecular formula is C28H43ClN2O3Si. The molecule has 2 rings (SSSR count). The lowest BCUT2D eigenvalue weighted by Gasteiger charge is -2.41. The van der Waals surface area contributed by atoms with Gasteiger partial charge < -0.3 is 19.4 Å². The Hall–Kier alpha value is -2.02. The van der Waals surface area contributed by atoms with Crippen molar-refractivity contribution in [2.75, 3.05) is 18.4 Å². The van der Waals surface area contributed by atoms with Gasteiger partial charge in [-0.3, -0.25) is 0 Å². The van der Waals surface area contributed by atoms with E-state index in [2.05, 4.69) is 39.2 Å². The molecule has 2 aromatic carbocycles. The first-order valence-corrected chi connectivity index (χ1v) is 15.6. The van der Waals surface area contributed by atoms with Crippen LogP contribution in [0.4, 0.5) is 10.5 Å². The maximum atomic E-state index is 13.4. The van der Waals surface area contributed by atoms with E-state index in [-0.39, 0.29) is 23.3 Å². The fourth-order valence-corrected chi connectivity index (χ4v) is 4.79. The molecule has 194 valence electrons. The number of nitrogens with one attached hydrogen (secondary N) is 1. The van der Waals surface area contributed by atoms with Crippen molar-refractivity contribution in [3.63, 3.8) is 0 Å². The van der Waals surface area contributed by atoms with E-state index in [0.29, 0.717) is 18.1 Å². The second kappa shape index (κ2) is 11.8. The molecule has 2 aromatic rings. The molecule has 0 fully saturated rings. The van der Waals surface area contributed by atoms with Crippen LogP contribution in [0.25, 0.3) is 0 Å². The lowest BCUT2D eigenvalue weighted by atomic mass is 10.1. The molecule has 0 aliphatic rings. The molecule has 0 spiro atoms. The molecule has 2 atom stereocenters. The number of nitrogens with zero attached hydrogens (tertiary/aromatic N) is 1. The highest BCUT2D eigenvalue weighted by molar-refractivity contribution is 6.74. The molecule has 5 nitrogen and oxygen atoms in total. The summed E-state index contributed by atoms with van der Waals surface area (Å²) in [6.45, 7) is 19.7. The van der Waals surface area contributed by atoms with Gasteiger partial charge in [0.25, 0.3) is 0 Å². The molecule has 35 heavy (non-hydrogen) atoms. The fraction of sp³-hybridized carbons (Fsp3) is 0.536. The van der Waals surface area contributed by atoms with E-state index < -0.39 is 13.9 Å². The highest BCUT2D eigenvalue weighted by Gasteiger charge is 2.40. The van der Waals surface area contributed by atoms with Crippen molar-refractivity contribution in [2.24, 2.45) is 0 Å². The first-order valence-electron chi connectivity index (χ1n) is 12.3. The van der Waals surface area contributed by atoms with Crippen molar-refractivity contribution in [3.8, 4) is 0 Å². The zero-order chi connectivity index (χ0) is 26.4. The van der Waals surface area contributed by atoms with Crippen LogP contribution in [0.15, 0.2) is 54.6 Å². The third kappa shape index (κ3) is 9.17. The van der Waals surface area contributed by atoms with Crippen molar-refractivity contribution in [1.29, 1.82) is 0 Å². The largest absolute Gasteiger partial charge is 0.444 e. The van der Waals surface area contributed by atoms with E-state index in [1.54, 1.807) is 4.90 Å². The number of benzene rings is 2. The number of ether oxygens (including phenoxy) is 1. The van der Waals surface area contributed by atoms with Crippen LogP contribution in [0, 0.1) is 0 Å². The van der Waals surface area contributed by atoms with Crippen molar-refractivity contribution in [1.82, 2.24) is 4.90 Å². The SMILES string of the molecule is C[C@H](CNc1ccccc1)N(C[C@H](O[Si](C)(C)C(C)(C)C)c1cccc(Cl)c1)C(=O)OC(C)(C)C. The van der Waals surface area contributed by atoms with E-state index in [1.807, 2.05) is 82.3 Å². The molecule has 0 radical (unpaired) electrons. The molecule has 0 saturated carbocycles. The molecular weight excluding hydrogens is 476 g/mol. The van der Waals surface area contributed by atoms with Gasteiger partial charge in [0, 0.05) is 23.3 Å². The summed E-state index contributed by atoms with van der Waals surface area (Å²) in [6.07, 6.45) is -0.688. The maximum Gasteiger partial charge on any atom is 0.410 e. The molecule has 0 saturated heterocycles. The van der Waals surface area contributed by atoms with Crippen LogP contribution in [0.2, 0.25) is 23.2 Å². The Kier molecular flexibility index (Phi) is 9.85. The molecule has 0 unspecified atom stereocenters. The molecule has 1 amide bonds. The highest BCUT2D eigenvalue weighted by Crippen LogP contribution is 2.40. The van der Waals surface area contributed by atoms with Crippen LogP contribution < -0.4 is 5.32 Å². The van der Waals surface area contributed by atoms with Gasteiger partial charge in [0.2, 0.25) is 0 Å². The number of rotatable bonds is 9. The summed E-state index contributed by atoms with van der Waals surface area (Å²) in [4.78, 5) is 15.2. The quantitative estimate of drug-likeness (QED) is 0.340. The minimum absolute atomic E-state index is 0.0149. The summed E-state index contributed by atoms with van der Waals surface area (Å²) in [7, 11) is -2.16. The van der Waals surface area contributed by atoms with E-state index in [1.165, 1.54) is 0 Å². The van der Waals surface area contributed by atoms with Gasteiger partial charge in [-0.15, -0.1) is 0 Å². The zero-order valence-electron chi connectivity index (χ0n) is 22.8. The van der Waals surface area contributed by atoms with Gasteiger partial charge in [0.15, 0.2) is 8.32 Å². The number of hydrogen-bond donors (Lipinski definition) is 1.